The predicted molar refractivity (Wildman–Crippen MR) is 88.3 cm³/mol. The molecule has 1 atom stereocenters. The zero-order chi connectivity index (χ0) is 14.3. The minimum atomic E-state index is -0.0647. The lowest BCUT2D eigenvalue weighted by molar-refractivity contribution is 0.0946. The molecule has 1 aromatic rings. The first-order valence-corrected chi connectivity index (χ1v) is 8.67. The molecule has 1 rings (SSSR count). The van der Waals surface area contributed by atoms with Crippen molar-refractivity contribution >= 4 is 49.4 Å². The average molecular weight is 412 g/mol. The highest BCUT2D eigenvalue weighted by atomic mass is 79.9. The summed E-state index contributed by atoms with van der Waals surface area (Å²) in [4.78, 5) is 12.0. The molecule has 1 N–H and O–H groups in total. The molecule has 0 aliphatic heterocycles. The Morgan fingerprint density at radius 2 is 2.16 bits per heavy atom. The minimum Gasteiger partial charge on any atom is -0.352 e. The summed E-state index contributed by atoms with van der Waals surface area (Å²) >= 11 is 12.8. The van der Waals surface area contributed by atoms with E-state index in [1.807, 2.05) is 0 Å². The summed E-state index contributed by atoms with van der Waals surface area (Å²) in [5.41, 5.74) is 0.599. The Morgan fingerprint density at radius 3 is 2.74 bits per heavy atom. The first kappa shape index (κ1) is 17.0. The standard InChI is InChI=1S/C14H18Br2ClNO/c1-2-3-10(6-7-15)9-18-14(19)11-4-5-12(16)13(17)8-11/h4-5,8,10H,2-3,6-7,9H2,1H3,(H,18,19). The van der Waals surface area contributed by atoms with Gasteiger partial charge in [-0.3, -0.25) is 4.79 Å². The number of carbonyl (C=O) groups is 1. The van der Waals surface area contributed by atoms with Gasteiger partial charge in [0.15, 0.2) is 0 Å². The molecule has 1 aromatic carbocycles. The van der Waals surface area contributed by atoms with Crippen LogP contribution in [0.1, 0.15) is 36.5 Å². The van der Waals surface area contributed by atoms with Crippen molar-refractivity contribution in [3.63, 3.8) is 0 Å². The topological polar surface area (TPSA) is 29.1 Å². The maximum absolute atomic E-state index is 12.0. The third kappa shape index (κ3) is 5.84. The molecule has 0 aliphatic carbocycles. The van der Waals surface area contributed by atoms with Gasteiger partial charge in [0.05, 0.1) is 5.02 Å². The Kier molecular flexibility index (Phi) is 8.03. The highest BCUT2D eigenvalue weighted by Crippen LogP contribution is 2.23. The lowest BCUT2D eigenvalue weighted by Gasteiger charge is -2.15. The third-order valence-electron chi connectivity index (χ3n) is 2.95. The van der Waals surface area contributed by atoms with Crippen LogP contribution < -0.4 is 5.32 Å². The zero-order valence-electron chi connectivity index (χ0n) is 10.9. The summed E-state index contributed by atoms with van der Waals surface area (Å²) < 4.78 is 0.800. The van der Waals surface area contributed by atoms with Crippen molar-refractivity contribution in [2.45, 2.75) is 26.2 Å². The molecule has 0 saturated carbocycles. The van der Waals surface area contributed by atoms with Crippen LogP contribution in [0.4, 0.5) is 0 Å². The molecular formula is C14H18Br2ClNO. The average Bonchev–Trinajstić information content (AvgIpc) is 2.39. The maximum atomic E-state index is 12.0. The second kappa shape index (κ2) is 8.98. The van der Waals surface area contributed by atoms with Gasteiger partial charge in [-0.2, -0.15) is 0 Å². The first-order valence-electron chi connectivity index (χ1n) is 6.37. The molecule has 0 aliphatic rings. The number of carbonyl (C=O) groups excluding carboxylic acids is 1. The van der Waals surface area contributed by atoms with Gasteiger partial charge in [0, 0.05) is 21.9 Å². The fraction of sp³-hybridized carbons (Fsp3) is 0.500. The van der Waals surface area contributed by atoms with Crippen molar-refractivity contribution in [3.05, 3.63) is 33.3 Å². The summed E-state index contributed by atoms with van der Waals surface area (Å²) in [5, 5.41) is 4.51. The lowest BCUT2D eigenvalue weighted by Crippen LogP contribution is -2.29. The van der Waals surface area contributed by atoms with E-state index in [1.165, 1.54) is 0 Å². The highest BCUT2D eigenvalue weighted by Gasteiger charge is 2.11. The van der Waals surface area contributed by atoms with Gasteiger partial charge in [0.25, 0.3) is 5.91 Å². The number of benzene rings is 1. The summed E-state index contributed by atoms with van der Waals surface area (Å²) in [6.07, 6.45) is 3.35. The number of hydrogen-bond donors (Lipinski definition) is 1. The Morgan fingerprint density at radius 1 is 1.42 bits per heavy atom. The number of hydrogen-bond acceptors (Lipinski definition) is 1. The van der Waals surface area contributed by atoms with Crippen LogP contribution in [0, 0.1) is 5.92 Å². The molecule has 19 heavy (non-hydrogen) atoms. The van der Waals surface area contributed by atoms with E-state index in [9.17, 15) is 4.79 Å². The maximum Gasteiger partial charge on any atom is 0.251 e. The van der Waals surface area contributed by atoms with E-state index in [4.69, 9.17) is 11.6 Å². The van der Waals surface area contributed by atoms with Crippen molar-refractivity contribution in [2.75, 3.05) is 11.9 Å². The highest BCUT2D eigenvalue weighted by molar-refractivity contribution is 9.10. The van der Waals surface area contributed by atoms with Gasteiger partial charge in [-0.1, -0.05) is 40.9 Å². The Labute approximate surface area is 136 Å². The number of halogens is 3. The van der Waals surface area contributed by atoms with Gasteiger partial charge in [-0.25, -0.2) is 0 Å². The van der Waals surface area contributed by atoms with Gasteiger partial charge >= 0.3 is 0 Å². The zero-order valence-corrected chi connectivity index (χ0v) is 14.8. The van der Waals surface area contributed by atoms with E-state index in [0.29, 0.717) is 23.0 Å². The summed E-state index contributed by atoms with van der Waals surface area (Å²) in [5.74, 6) is 0.462. The van der Waals surface area contributed by atoms with Crippen molar-refractivity contribution < 1.29 is 4.79 Å². The van der Waals surface area contributed by atoms with Crippen molar-refractivity contribution in [1.82, 2.24) is 5.32 Å². The van der Waals surface area contributed by atoms with Gasteiger partial charge < -0.3 is 5.32 Å². The van der Waals surface area contributed by atoms with E-state index in [2.05, 4.69) is 44.1 Å². The monoisotopic (exact) mass is 409 g/mol. The molecule has 0 fully saturated rings. The van der Waals surface area contributed by atoms with Crippen molar-refractivity contribution in [1.29, 1.82) is 0 Å². The molecule has 106 valence electrons. The van der Waals surface area contributed by atoms with Gasteiger partial charge in [0.1, 0.15) is 0 Å². The Bertz CT molecular complexity index is 420. The minimum absolute atomic E-state index is 0.0647. The molecule has 0 spiro atoms. The molecule has 1 unspecified atom stereocenters. The Balaban J connectivity index is 2.56. The molecule has 5 heteroatoms. The van der Waals surface area contributed by atoms with Gasteiger partial charge in [-0.05, 0) is 52.9 Å². The fourth-order valence-electron chi connectivity index (χ4n) is 1.89. The van der Waals surface area contributed by atoms with Crippen LogP contribution in [0.2, 0.25) is 5.02 Å². The number of nitrogens with one attached hydrogen (secondary N) is 1. The third-order valence-corrected chi connectivity index (χ3v) is 4.64. The molecular weight excluding hydrogens is 393 g/mol. The summed E-state index contributed by atoms with van der Waals surface area (Å²) in [6.45, 7) is 2.88. The molecule has 0 radical (unpaired) electrons. The van der Waals surface area contributed by atoms with Crippen LogP contribution in [-0.2, 0) is 0 Å². The van der Waals surface area contributed by atoms with E-state index >= 15 is 0 Å². The number of rotatable bonds is 7. The van der Waals surface area contributed by atoms with E-state index in [-0.39, 0.29) is 5.91 Å². The largest absolute Gasteiger partial charge is 0.352 e. The normalized spacial score (nSPS) is 12.2. The van der Waals surface area contributed by atoms with E-state index in [0.717, 1.165) is 29.1 Å². The SMILES string of the molecule is CCCC(CCBr)CNC(=O)c1ccc(Br)c(Cl)c1. The second-order valence-corrected chi connectivity index (χ2v) is 6.53. The Hall–Kier alpha value is -0.0600. The molecule has 0 aromatic heterocycles. The fourth-order valence-corrected chi connectivity index (χ4v) is 2.96. The smallest absolute Gasteiger partial charge is 0.251 e. The lowest BCUT2D eigenvalue weighted by atomic mass is 10.0. The van der Waals surface area contributed by atoms with Crippen LogP contribution in [0.5, 0.6) is 0 Å². The van der Waals surface area contributed by atoms with Crippen LogP contribution in [0.25, 0.3) is 0 Å². The van der Waals surface area contributed by atoms with Crippen molar-refractivity contribution in [3.8, 4) is 0 Å². The summed E-state index contributed by atoms with van der Waals surface area (Å²) in [6, 6.07) is 5.24. The number of alkyl halides is 1. The quantitative estimate of drug-likeness (QED) is 0.626. The summed E-state index contributed by atoms with van der Waals surface area (Å²) in [7, 11) is 0. The second-order valence-electron chi connectivity index (χ2n) is 4.47. The van der Waals surface area contributed by atoms with Crippen molar-refractivity contribution in [2.24, 2.45) is 5.92 Å². The molecule has 0 saturated heterocycles. The van der Waals surface area contributed by atoms with Crippen LogP contribution in [0.15, 0.2) is 22.7 Å². The molecule has 0 bridgehead atoms. The molecule has 1 amide bonds. The van der Waals surface area contributed by atoms with Gasteiger partial charge in [0.2, 0.25) is 0 Å². The van der Waals surface area contributed by atoms with Gasteiger partial charge in [-0.15, -0.1) is 0 Å². The molecule has 0 heterocycles. The molecule has 2 nitrogen and oxygen atoms in total. The van der Waals surface area contributed by atoms with E-state index < -0.39 is 0 Å². The van der Waals surface area contributed by atoms with E-state index in [1.54, 1.807) is 18.2 Å². The first-order chi connectivity index (χ1) is 9.08. The van der Waals surface area contributed by atoms with Crippen LogP contribution in [0.3, 0.4) is 0 Å². The number of amides is 1. The predicted octanol–water partition coefficient (Wildman–Crippen LogP) is 5.03. The van der Waals surface area contributed by atoms with Crippen LogP contribution in [-0.4, -0.2) is 17.8 Å². The van der Waals surface area contributed by atoms with Crippen LogP contribution >= 0.6 is 43.5 Å².